The summed E-state index contributed by atoms with van der Waals surface area (Å²) in [5.41, 5.74) is 0.584. The van der Waals surface area contributed by atoms with E-state index in [0.29, 0.717) is 11.5 Å². The van der Waals surface area contributed by atoms with Crippen molar-refractivity contribution in [2.45, 2.75) is 0 Å². The van der Waals surface area contributed by atoms with Gasteiger partial charge in [-0.2, -0.15) is 5.10 Å². The van der Waals surface area contributed by atoms with Crippen LogP contribution in [0, 0.1) is 10.1 Å². The highest BCUT2D eigenvalue weighted by Crippen LogP contribution is 2.23. The third kappa shape index (κ3) is 1.37. The molecule has 0 aliphatic heterocycles. The van der Waals surface area contributed by atoms with E-state index in [4.69, 9.17) is 4.42 Å². The van der Waals surface area contributed by atoms with Crippen LogP contribution in [0.1, 0.15) is 0 Å². The van der Waals surface area contributed by atoms with Crippen LogP contribution in [-0.2, 0) is 7.05 Å². The Morgan fingerprint density at radius 1 is 1.50 bits per heavy atom. The van der Waals surface area contributed by atoms with Gasteiger partial charge in [0.2, 0.25) is 0 Å². The van der Waals surface area contributed by atoms with Gasteiger partial charge in [-0.15, -0.1) is 0 Å². The topological polar surface area (TPSA) is 74.1 Å². The zero-order chi connectivity index (χ0) is 10.1. The number of hydrogen-bond donors (Lipinski definition) is 0. The first kappa shape index (κ1) is 8.49. The van der Waals surface area contributed by atoms with Crippen molar-refractivity contribution in [1.29, 1.82) is 0 Å². The molecule has 2 heterocycles. The van der Waals surface area contributed by atoms with E-state index in [2.05, 4.69) is 5.10 Å². The third-order valence-electron chi connectivity index (χ3n) is 1.74. The van der Waals surface area contributed by atoms with Gasteiger partial charge in [0, 0.05) is 13.2 Å². The summed E-state index contributed by atoms with van der Waals surface area (Å²) in [4.78, 5) is 9.76. The molecule has 0 aliphatic rings. The second-order valence-electron chi connectivity index (χ2n) is 2.77. The van der Waals surface area contributed by atoms with Crippen LogP contribution < -0.4 is 0 Å². The van der Waals surface area contributed by atoms with Crippen LogP contribution in [0.4, 0.5) is 5.88 Å². The first-order chi connectivity index (χ1) is 6.66. The van der Waals surface area contributed by atoms with Crippen molar-refractivity contribution in [2.75, 3.05) is 0 Å². The Bertz CT molecular complexity index is 472. The van der Waals surface area contributed by atoms with Crippen LogP contribution in [0.3, 0.4) is 0 Å². The van der Waals surface area contributed by atoms with Crippen LogP contribution >= 0.6 is 0 Å². The summed E-state index contributed by atoms with van der Waals surface area (Å²) in [6, 6.07) is 4.56. The Labute approximate surface area is 78.9 Å². The summed E-state index contributed by atoms with van der Waals surface area (Å²) in [6.07, 6.45) is 1.74. The van der Waals surface area contributed by atoms with Gasteiger partial charge < -0.3 is 4.42 Å². The second kappa shape index (κ2) is 2.99. The van der Waals surface area contributed by atoms with Gasteiger partial charge in [0.25, 0.3) is 0 Å². The summed E-state index contributed by atoms with van der Waals surface area (Å²) in [5.74, 6) is 0.128. The van der Waals surface area contributed by atoms with Gasteiger partial charge in [0.1, 0.15) is 10.6 Å². The first-order valence-corrected chi connectivity index (χ1v) is 3.91. The molecule has 0 radical (unpaired) electrons. The van der Waals surface area contributed by atoms with Gasteiger partial charge in [-0.05, 0) is 12.1 Å². The number of aromatic nitrogens is 2. The van der Waals surface area contributed by atoms with Gasteiger partial charge in [0.05, 0.1) is 6.07 Å². The Hall–Kier alpha value is -2.11. The Balaban J connectivity index is 2.38. The monoisotopic (exact) mass is 193 g/mol. The van der Waals surface area contributed by atoms with Crippen molar-refractivity contribution < 1.29 is 9.34 Å². The number of hydrogen-bond acceptors (Lipinski definition) is 4. The molecule has 2 aromatic rings. The van der Waals surface area contributed by atoms with Crippen LogP contribution in [-0.4, -0.2) is 14.7 Å². The number of furan rings is 1. The maximum Gasteiger partial charge on any atom is 0.433 e. The summed E-state index contributed by atoms with van der Waals surface area (Å²) in [5, 5.41) is 14.4. The minimum absolute atomic E-state index is 0.273. The summed E-state index contributed by atoms with van der Waals surface area (Å²) < 4.78 is 6.57. The van der Waals surface area contributed by atoms with E-state index in [1.54, 1.807) is 24.0 Å². The largest absolute Gasteiger partial charge is 0.433 e. The summed E-state index contributed by atoms with van der Waals surface area (Å²) in [7, 11) is 1.76. The predicted octanol–water partition coefficient (Wildman–Crippen LogP) is 1.59. The van der Waals surface area contributed by atoms with Crippen LogP contribution in [0.15, 0.2) is 28.8 Å². The Kier molecular flexibility index (Phi) is 1.81. The van der Waals surface area contributed by atoms with Crippen molar-refractivity contribution in [2.24, 2.45) is 7.05 Å². The highest BCUT2D eigenvalue weighted by atomic mass is 16.6. The van der Waals surface area contributed by atoms with E-state index in [-0.39, 0.29) is 5.88 Å². The number of aryl methyl sites for hydroxylation is 1. The van der Waals surface area contributed by atoms with Crippen molar-refractivity contribution in [1.82, 2.24) is 9.78 Å². The van der Waals surface area contributed by atoms with E-state index in [1.165, 1.54) is 12.1 Å². The number of nitrogens with zero attached hydrogens (tertiary/aromatic N) is 3. The summed E-state index contributed by atoms with van der Waals surface area (Å²) in [6.45, 7) is 0. The molecule has 2 rings (SSSR count). The summed E-state index contributed by atoms with van der Waals surface area (Å²) >= 11 is 0. The van der Waals surface area contributed by atoms with E-state index in [9.17, 15) is 10.1 Å². The maximum absolute atomic E-state index is 10.3. The number of nitro groups is 1. The molecule has 0 amide bonds. The standard InChI is InChI=1S/C8H7N3O3/c1-10-5-4-6(9-10)7-2-3-8(14-7)11(12)13/h2-5H,1H3. The normalized spacial score (nSPS) is 10.4. The molecule has 0 spiro atoms. The molecular weight excluding hydrogens is 186 g/mol. The molecule has 0 saturated heterocycles. The van der Waals surface area contributed by atoms with E-state index in [0.717, 1.165) is 0 Å². The quantitative estimate of drug-likeness (QED) is 0.536. The van der Waals surface area contributed by atoms with Crippen molar-refractivity contribution in [3.8, 4) is 11.5 Å². The minimum Gasteiger partial charge on any atom is -0.399 e. The molecule has 72 valence electrons. The van der Waals surface area contributed by atoms with E-state index >= 15 is 0 Å². The molecular formula is C8H7N3O3. The number of rotatable bonds is 2. The van der Waals surface area contributed by atoms with E-state index in [1.807, 2.05) is 0 Å². The molecule has 6 heteroatoms. The molecule has 0 saturated carbocycles. The lowest BCUT2D eigenvalue weighted by Gasteiger charge is -1.87. The zero-order valence-corrected chi connectivity index (χ0v) is 7.38. The van der Waals surface area contributed by atoms with Crippen LogP contribution in [0.25, 0.3) is 11.5 Å². The van der Waals surface area contributed by atoms with Gasteiger partial charge in [-0.1, -0.05) is 0 Å². The van der Waals surface area contributed by atoms with Gasteiger partial charge >= 0.3 is 5.88 Å². The molecule has 0 bridgehead atoms. The van der Waals surface area contributed by atoms with E-state index < -0.39 is 4.92 Å². The molecule has 0 atom stereocenters. The molecule has 6 nitrogen and oxygen atoms in total. The average molecular weight is 193 g/mol. The van der Waals surface area contributed by atoms with Crippen LogP contribution in [0.5, 0.6) is 0 Å². The lowest BCUT2D eigenvalue weighted by atomic mass is 10.3. The molecule has 0 fully saturated rings. The fourth-order valence-electron chi connectivity index (χ4n) is 1.11. The van der Waals surface area contributed by atoms with Crippen molar-refractivity contribution in [3.05, 3.63) is 34.5 Å². The molecule has 14 heavy (non-hydrogen) atoms. The van der Waals surface area contributed by atoms with Gasteiger partial charge in [-0.25, -0.2) is 0 Å². The molecule has 2 aromatic heterocycles. The Morgan fingerprint density at radius 2 is 2.29 bits per heavy atom. The molecule has 0 unspecified atom stereocenters. The van der Waals surface area contributed by atoms with Gasteiger partial charge in [-0.3, -0.25) is 14.8 Å². The fourth-order valence-corrected chi connectivity index (χ4v) is 1.11. The lowest BCUT2D eigenvalue weighted by molar-refractivity contribution is -0.401. The first-order valence-electron chi connectivity index (χ1n) is 3.91. The lowest BCUT2D eigenvalue weighted by Crippen LogP contribution is -1.87. The average Bonchev–Trinajstić information content (AvgIpc) is 2.70. The molecule has 0 N–H and O–H groups in total. The third-order valence-corrected chi connectivity index (χ3v) is 1.74. The SMILES string of the molecule is Cn1ccc(-c2ccc([N+](=O)[O-])o2)n1. The zero-order valence-electron chi connectivity index (χ0n) is 7.38. The highest BCUT2D eigenvalue weighted by molar-refractivity contribution is 5.52. The smallest absolute Gasteiger partial charge is 0.399 e. The highest BCUT2D eigenvalue weighted by Gasteiger charge is 2.14. The predicted molar refractivity (Wildman–Crippen MR) is 47.6 cm³/mol. The fraction of sp³-hybridized carbons (Fsp3) is 0.125. The van der Waals surface area contributed by atoms with Crippen molar-refractivity contribution in [3.63, 3.8) is 0 Å². The molecule has 0 aliphatic carbocycles. The Morgan fingerprint density at radius 3 is 2.79 bits per heavy atom. The van der Waals surface area contributed by atoms with Crippen LogP contribution in [0.2, 0.25) is 0 Å². The minimum atomic E-state index is -0.577. The molecule has 0 aromatic carbocycles. The van der Waals surface area contributed by atoms with Crippen molar-refractivity contribution >= 4 is 5.88 Å². The maximum atomic E-state index is 10.3. The van der Waals surface area contributed by atoms with Gasteiger partial charge in [0.15, 0.2) is 5.76 Å². The second-order valence-corrected chi connectivity index (χ2v) is 2.77.